The first-order valence-electron chi connectivity index (χ1n) is 10.0. The van der Waals surface area contributed by atoms with Crippen molar-refractivity contribution in [1.82, 2.24) is 5.32 Å². The summed E-state index contributed by atoms with van der Waals surface area (Å²) in [6.45, 7) is 0. The number of alkyl halides is 2. The Kier molecular flexibility index (Phi) is 7.74. The number of benzene rings is 3. The molecule has 0 spiro atoms. The van der Waals surface area contributed by atoms with Gasteiger partial charge in [0.05, 0.1) is 11.5 Å². The van der Waals surface area contributed by atoms with Gasteiger partial charge in [-0.25, -0.2) is 0 Å². The molecular weight excluding hydrogens is 464 g/mol. The lowest BCUT2D eigenvalue weighted by atomic mass is 10.1. The maximum atomic E-state index is 12.4. The number of carbonyl (C=O) groups excluding carboxylic acids is 1. The number of para-hydroxylation sites is 1. The summed E-state index contributed by atoms with van der Waals surface area (Å²) >= 11 is 1.79. The Morgan fingerprint density at radius 1 is 1.03 bits per heavy atom. The van der Waals surface area contributed by atoms with E-state index in [1.54, 1.807) is 30.5 Å². The molecule has 0 bridgehead atoms. The number of nitrogens with zero attached hydrogens (tertiary/aromatic N) is 2. The van der Waals surface area contributed by atoms with Crippen molar-refractivity contribution in [3.63, 3.8) is 0 Å². The summed E-state index contributed by atoms with van der Waals surface area (Å²) in [4.78, 5) is 12.8. The SMILES string of the molecule is O=C1N/C(=N/N=C\c2cccc(Oc3ccccc3)c2)S[C@@H]1Cc1ccc(SC(F)F)cc1. The zero-order valence-electron chi connectivity index (χ0n) is 17.2. The predicted molar refractivity (Wildman–Crippen MR) is 130 cm³/mol. The molecule has 1 saturated heterocycles. The van der Waals surface area contributed by atoms with E-state index in [1.165, 1.54) is 11.8 Å². The van der Waals surface area contributed by atoms with E-state index in [0.717, 1.165) is 16.9 Å². The van der Waals surface area contributed by atoms with Crippen molar-refractivity contribution in [3.05, 3.63) is 90.0 Å². The van der Waals surface area contributed by atoms with Gasteiger partial charge in [0.2, 0.25) is 5.91 Å². The summed E-state index contributed by atoms with van der Waals surface area (Å²) in [7, 11) is 0. The lowest BCUT2D eigenvalue weighted by molar-refractivity contribution is -0.118. The molecule has 5 nitrogen and oxygen atoms in total. The van der Waals surface area contributed by atoms with Crippen molar-refractivity contribution in [2.45, 2.75) is 22.3 Å². The van der Waals surface area contributed by atoms with E-state index in [-0.39, 0.29) is 11.2 Å². The van der Waals surface area contributed by atoms with Gasteiger partial charge >= 0.3 is 0 Å². The Balaban J connectivity index is 1.34. The molecule has 0 unspecified atom stereocenters. The van der Waals surface area contributed by atoms with Crippen LogP contribution in [0, 0.1) is 0 Å². The van der Waals surface area contributed by atoms with Crippen LogP contribution in [0.15, 0.2) is 94.0 Å². The van der Waals surface area contributed by atoms with Crippen LogP contribution in [0.5, 0.6) is 11.5 Å². The third kappa shape index (κ3) is 6.90. The molecular formula is C24H19F2N3O2S2. The molecule has 1 fully saturated rings. The number of rotatable bonds is 8. The van der Waals surface area contributed by atoms with E-state index in [9.17, 15) is 13.6 Å². The molecule has 3 aromatic rings. The van der Waals surface area contributed by atoms with Crippen LogP contribution in [0.2, 0.25) is 0 Å². The number of amides is 1. The first kappa shape index (κ1) is 23.0. The van der Waals surface area contributed by atoms with Crippen molar-refractivity contribution in [2.75, 3.05) is 0 Å². The molecule has 3 aromatic carbocycles. The van der Waals surface area contributed by atoms with Crippen molar-refractivity contribution >= 4 is 40.8 Å². The van der Waals surface area contributed by atoms with Gasteiger partial charge in [-0.05, 0) is 53.9 Å². The van der Waals surface area contributed by atoms with Gasteiger partial charge in [-0.1, -0.05) is 66.0 Å². The van der Waals surface area contributed by atoms with Gasteiger partial charge < -0.3 is 10.1 Å². The van der Waals surface area contributed by atoms with Crippen LogP contribution < -0.4 is 10.1 Å². The smallest absolute Gasteiger partial charge is 0.288 e. The number of nitrogens with one attached hydrogen (secondary N) is 1. The van der Waals surface area contributed by atoms with Gasteiger partial charge in [0.25, 0.3) is 5.76 Å². The molecule has 168 valence electrons. The second-order valence-electron chi connectivity index (χ2n) is 6.96. The van der Waals surface area contributed by atoms with Gasteiger partial charge in [0.15, 0.2) is 5.17 Å². The molecule has 33 heavy (non-hydrogen) atoms. The average molecular weight is 484 g/mol. The molecule has 9 heteroatoms. The Labute approximate surface area is 198 Å². The highest BCUT2D eigenvalue weighted by molar-refractivity contribution is 8.15. The Morgan fingerprint density at radius 2 is 1.79 bits per heavy atom. The largest absolute Gasteiger partial charge is 0.457 e. The molecule has 0 aromatic heterocycles. The first-order chi connectivity index (χ1) is 16.0. The van der Waals surface area contributed by atoms with Crippen LogP contribution in [0.1, 0.15) is 11.1 Å². The molecule has 1 aliphatic heterocycles. The summed E-state index contributed by atoms with van der Waals surface area (Å²) in [5.41, 5.74) is 1.70. The molecule has 0 radical (unpaired) electrons. The second-order valence-corrected chi connectivity index (χ2v) is 9.21. The van der Waals surface area contributed by atoms with Gasteiger partial charge in [-0.2, -0.15) is 13.9 Å². The van der Waals surface area contributed by atoms with E-state index in [2.05, 4.69) is 15.5 Å². The van der Waals surface area contributed by atoms with Crippen molar-refractivity contribution in [1.29, 1.82) is 0 Å². The minimum Gasteiger partial charge on any atom is -0.457 e. The maximum absolute atomic E-state index is 12.4. The van der Waals surface area contributed by atoms with E-state index in [1.807, 2.05) is 54.6 Å². The summed E-state index contributed by atoms with van der Waals surface area (Å²) < 4.78 is 30.7. The summed E-state index contributed by atoms with van der Waals surface area (Å²) in [6.07, 6.45) is 2.06. The molecule has 1 N–H and O–H groups in total. The van der Waals surface area contributed by atoms with Crippen molar-refractivity contribution in [2.24, 2.45) is 10.2 Å². The highest BCUT2D eigenvalue weighted by Gasteiger charge is 2.30. The molecule has 4 rings (SSSR count). The lowest BCUT2D eigenvalue weighted by Crippen LogP contribution is -2.25. The fourth-order valence-corrected chi connectivity index (χ4v) is 4.50. The number of amidine groups is 1. The highest BCUT2D eigenvalue weighted by atomic mass is 32.2. The van der Waals surface area contributed by atoms with Crippen molar-refractivity contribution in [3.8, 4) is 11.5 Å². The fraction of sp³-hybridized carbons (Fsp3) is 0.125. The Morgan fingerprint density at radius 3 is 2.55 bits per heavy atom. The zero-order valence-corrected chi connectivity index (χ0v) is 18.9. The quantitative estimate of drug-likeness (QED) is 0.244. The predicted octanol–water partition coefficient (Wildman–Crippen LogP) is 5.96. The lowest BCUT2D eigenvalue weighted by Gasteiger charge is -2.06. The minimum atomic E-state index is -2.45. The minimum absolute atomic E-state index is 0.154. The number of thioether (sulfide) groups is 2. The average Bonchev–Trinajstić information content (AvgIpc) is 3.14. The van der Waals surface area contributed by atoms with E-state index in [0.29, 0.717) is 34.0 Å². The number of halogens is 2. The van der Waals surface area contributed by atoms with Gasteiger partial charge in [-0.3, -0.25) is 4.79 Å². The van der Waals surface area contributed by atoms with Crippen LogP contribution in [0.4, 0.5) is 8.78 Å². The number of hydrogen-bond donors (Lipinski definition) is 1. The first-order valence-corrected chi connectivity index (χ1v) is 11.8. The monoisotopic (exact) mass is 483 g/mol. The summed E-state index contributed by atoms with van der Waals surface area (Å²) in [5.74, 6) is -1.19. The molecule has 1 atom stereocenters. The molecule has 0 aliphatic carbocycles. The van der Waals surface area contributed by atoms with Crippen LogP contribution >= 0.6 is 23.5 Å². The fourth-order valence-electron chi connectivity index (χ4n) is 3.04. The molecule has 1 aliphatic rings. The van der Waals surface area contributed by atoms with Crippen molar-refractivity contribution < 1.29 is 18.3 Å². The standard InChI is InChI=1S/C24H19F2N3O2S2/c25-23(26)32-20-11-9-16(10-12-20)14-21-22(30)28-24(33-21)29-27-15-17-5-4-8-19(13-17)31-18-6-2-1-3-7-18/h1-13,15,21,23H,14H2,(H,28,29,30)/b27-15-/t21-/m1/s1. The number of carbonyl (C=O) groups is 1. The summed E-state index contributed by atoms with van der Waals surface area (Å²) in [6, 6.07) is 23.7. The Bertz CT molecular complexity index is 1160. The van der Waals surface area contributed by atoms with Crippen LogP contribution in [-0.4, -0.2) is 28.3 Å². The molecule has 1 amide bonds. The Hall–Kier alpha value is -3.17. The topological polar surface area (TPSA) is 63.0 Å². The second kappa shape index (κ2) is 11.1. The summed E-state index contributed by atoms with van der Waals surface area (Å²) in [5, 5.41) is 11.0. The highest BCUT2D eigenvalue weighted by Crippen LogP contribution is 2.27. The zero-order chi connectivity index (χ0) is 23.0. The third-order valence-electron chi connectivity index (χ3n) is 4.54. The van der Waals surface area contributed by atoms with Gasteiger partial charge in [-0.15, -0.1) is 5.10 Å². The van der Waals surface area contributed by atoms with Crippen LogP contribution in [-0.2, 0) is 11.2 Å². The van der Waals surface area contributed by atoms with Crippen LogP contribution in [0.3, 0.4) is 0 Å². The molecule has 0 saturated carbocycles. The van der Waals surface area contributed by atoms with Gasteiger partial charge in [0, 0.05) is 4.90 Å². The van der Waals surface area contributed by atoms with Gasteiger partial charge in [0.1, 0.15) is 11.5 Å². The number of hydrogen-bond acceptors (Lipinski definition) is 6. The van der Waals surface area contributed by atoms with E-state index < -0.39 is 5.76 Å². The third-order valence-corrected chi connectivity index (χ3v) is 6.33. The molecule has 1 heterocycles. The number of ether oxygens (including phenoxy) is 1. The van der Waals surface area contributed by atoms with E-state index >= 15 is 0 Å². The van der Waals surface area contributed by atoms with E-state index in [4.69, 9.17) is 4.74 Å². The maximum Gasteiger partial charge on any atom is 0.288 e. The normalized spacial score (nSPS) is 17.1. The van der Waals surface area contributed by atoms with Crippen LogP contribution in [0.25, 0.3) is 0 Å².